The molecule has 1 aromatic heterocycles. The molecule has 3 heterocycles. The van der Waals surface area contributed by atoms with Crippen molar-refractivity contribution < 1.29 is 0 Å². The zero-order valence-corrected chi connectivity index (χ0v) is 23.7. The number of aliphatic imine (C=N–C) groups is 2. The Kier molecular flexibility index (Phi) is 6.48. The van der Waals surface area contributed by atoms with Crippen LogP contribution in [-0.2, 0) is 0 Å². The molecule has 2 aliphatic rings. The first-order valence-electron chi connectivity index (χ1n) is 12.9. The highest BCUT2D eigenvalue weighted by atomic mass is 32.2. The highest BCUT2D eigenvalue weighted by Crippen LogP contribution is 2.34. The minimum atomic E-state index is -0.000379. The fourth-order valence-electron chi connectivity index (χ4n) is 4.49. The van der Waals surface area contributed by atoms with Gasteiger partial charge in [-0.2, -0.15) is 0 Å². The van der Waals surface area contributed by atoms with Crippen molar-refractivity contribution in [2.45, 2.75) is 38.8 Å². The fourth-order valence-corrected chi connectivity index (χ4v) is 6.83. The second-order valence-corrected chi connectivity index (χ2v) is 12.9. The topological polar surface area (TPSA) is 50.5 Å². The van der Waals surface area contributed by atoms with E-state index in [-0.39, 0.29) is 11.1 Å². The molecule has 6 heteroatoms. The number of hydrogen-bond acceptors (Lipinski definition) is 6. The summed E-state index contributed by atoms with van der Waals surface area (Å²) < 4.78 is 0. The molecule has 0 N–H and O–H groups in total. The quantitative estimate of drug-likeness (QED) is 0.260. The summed E-state index contributed by atoms with van der Waals surface area (Å²) in [6, 6.07) is 29.5. The molecule has 0 spiro atoms. The molecule has 2 aliphatic heterocycles. The molecule has 0 fully saturated rings. The van der Waals surface area contributed by atoms with Crippen molar-refractivity contribution in [3.05, 3.63) is 96.1 Å². The van der Waals surface area contributed by atoms with E-state index >= 15 is 0 Å². The van der Waals surface area contributed by atoms with E-state index in [1.165, 1.54) is 0 Å². The van der Waals surface area contributed by atoms with Gasteiger partial charge in [-0.3, -0.25) is 9.98 Å². The van der Waals surface area contributed by atoms with Crippen molar-refractivity contribution in [2.75, 3.05) is 11.5 Å². The van der Waals surface area contributed by atoms with Crippen molar-refractivity contribution in [3.63, 3.8) is 0 Å². The highest BCUT2D eigenvalue weighted by Gasteiger charge is 2.27. The fraction of sp³-hybridized carbons (Fsp3) is 0.250. The number of aromatic nitrogens is 2. The zero-order chi connectivity index (χ0) is 26.3. The Morgan fingerprint density at radius 1 is 0.526 bits per heavy atom. The predicted octanol–water partition coefficient (Wildman–Crippen LogP) is 8.02. The lowest BCUT2D eigenvalue weighted by Crippen LogP contribution is -2.15. The summed E-state index contributed by atoms with van der Waals surface area (Å²) in [5.41, 5.74) is 7.26. The van der Waals surface area contributed by atoms with Crippen LogP contribution in [0, 0.1) is 0 Å². The minimum absolute atomic E-state index is 0.000379. The minimum Gasteiger partial charge on any atom is -0.271 e. The average Bonchev–Trinajstić information content (AvgIpc) is 3.49. The van der Waals surface area contributed by atoms with Crippen LogP contribution in [0.5, 0.6) is 0 Å². The number of benzene rings is 3. The Bertz CT molecular complexity index is 1440. The molecule has 3 aromatic carbocycles. The maximum atomic E-state index is 4.98. The molecule has 0 amide bonds. The molecular formula is C32H30N4S2. The van der Waals surface area contributed by atoms with Gasteiger partial charge in [-0.15, -0.1) is 23.5 Å². The molecule has 4 aromatic rings. The van der Waals surface area contributed by atoms with Gasteiger partial charge in [-0.25, -0.2) is 9.97 Å². The Labute approximate surface area is 233 Å². The van der Waals surface area contributed by atoms with E-state index in [1.807, 2.05) is 41.7 Å². The summed E-state index contributed by atoms with van der Waals surface area (Å²) in [5.74, 6) is 2.76. The van der Waals surface area contributed by atoms with E-state index in [1.54, 1.807) is 0 Å². The molecule has 190 valence electrons. The van der Waals surface area contributed by atoms with E-state index in [0.29, 0.717) is 0 Å². The van der Waals surface area contributed by atoms with Crippen LogP contribution in [0.15, 0.2) is 94.9 Å². The standard InChI is InChI=1S/C32H30N4S2/c1-31(2)19-37-29(35-31)24-14-10-21(11-15-24)26-18-27(34-28(33-26)23-8-6-5-7-9-23)22-12-16-25(17-13-22)30-36-32(3,4)20-38-30/h5-18H,19-20H2,1-4H3. The molecule has 38 heavy (non-hydrogen) atoms. The molecule has 0 unspecified atom stereocenters. The van der Waals surface area contributed by atoms with Gasteiger partial charge in [0.05, 0.1) is 32.6 Å². The van der Waals surface area contributed by atoms with Crippen LogP contribution in [0.1, 0.15) is 38.8 Å². The van der Waals surface area contributed by atoms with E-state index in [4.69, 9.17) is 20.0 Å². The molecule has 0 atom stereocenters. The van der Waals surface area contributed by atoms with Crippen LogP contribution < -0.4 is 0 Å². The summed E-state index contributed by atoms with van der Waals surface area (Å²) >= 11 is 3.66. The van der Waals surface area contributed by atoms with Crippen LogP contribution in [0.3, 0.4) is 0 Å². The SMILES string of the molecule is CC1(C)CSC(c2ccc(-c3cc(-c4ccc(C5=NC(C)(C)CS5)cc4)nc(-c4ccccc4)n3)cc2)=N1. The number of nitrogens with zero attached hydrogens (tertiary/aromatic N) is 4. The Morgan fingerprint density at radius 2 is 0.947 bits per heavy atom. The molecule has 6 rings (SSSR count). The third kappa shape index (κ3) is 5.33. The average molecular weight is 535 g/mol. The predicted molar refractivity (Wildman–Crippen MR) is 164 cm³/mol. The summed E-state index contributed by atoms with van der Waals surface area (Å²) in [7, 11) is 0. The Hall–Kier alpha value is -3.22. The third-order valence-electron chi connectivity index (χ3n) is 6.55. The largest absolute Gasteiger partial charge is 0.271 e. The first-order chi connectivity index (χ1) is 18.2. The van der Waals surface area contributed by atoms with Gasteiger partial charge in [-0.1, -0.05) is 78.9 Å². The molecule has 0 bridgehead atoms. The number of rotatable bonds is 5. The van der Waals surface area contributed by atoms with Gasteiger partial charge >= 0.3 is 0 Å². The third-order valence-corrected chi connectivity index (χ3v) is 9.45. The summed E-state index contributed by atoms with van der Waals surface area (Å²) in [6.45, 7) is 8.73. The van der Waals surface area contributed by atoms with Gasteiger partial charge in [0.25, 0.3) is 0 Å². The number of hydrogen-bond donors (Lipinski definition) is 0. The number of thioether (sulfide) groups is 2. The van der Waals surface area contributed by atoms with Gasteiger partial charge in [0.15, 0.2) is 5.82 Å². The maximum Gasteiger partial charge on any atom is 0.160 e. The first kappa shape index (κ1) is 25.1. The normalized spacial score (nSPS) is 17.8. The van der Waals surface area contributed by atoms with E-state index < -0.39 is 0 Å². The van der Waals surface area contributed by atoms with Crippen molar-refractivity contribution in [1.82, 2.24) is 9.97 Å². The Morgan fingerprint density at radius 3 is 1.34 bits per heavy atom. The second-order valence-electron chi connectivity index (χ2n) is 11.0. The second kappa shape index (κ2) is 9.83. The molecule has 0 radical (unpaired) electrons. The van der Waals surface area contributed by atoms with Crippen molar-refractivity contribution in [2.24, 2.45) is 9.98 Å². The smallest absolute Gasteiger partial charge is 0.160 e. The summed E-state index contributed by atoms with van der Waals surface area (Å²) in [4.78, 5) is 19.7. The molecule has 0 saturated heterocycles. The van der Waals surface area contributed by atoms with Crippen LogP contribution in [0.4, 0.5) is 0 Å². The zero-order valence-electron chi connectivity index (χ0n) is 22.1. The molecule has 0 aliphatic carbocycles. The lowest BCUT2D eigenvalue weighted by atomic mass is 10.0. The van der Waals surface area contributed by atoms with Crippen LogP contribution in [0.25, 0.3) is 33.9 Å². The maximum absolute atomic E-state index is 4.98. The van der Waals surface area contributed by atoms with Gasteiger partial charge in [0, 0.05) is 39.3 Å². The molecule has 0 saturated carbocycles. The van der Waals surface area contributed by atoms with Crippen LogP contribution in [0.2, 0.25) is 0 Å². The van der Waals surface area contributed by atoms with Crippen molar-refractivity contribution in [1.29, 1.82) is 0 Å². The van der Waals surface area contributed by atoms with E-state index in [0.717, 1.165) is 66.6 Å². The highest BCUT2D eigenvalue weighted by molar-refractivity contribution is 8.15. The van der Waals surface area contributed by atoms with Crippen molar-refractivity contribution >= 4 is 33.6 Å². The van der Waals surface area contributed by atoms with Crippen molar-refractivity contribution in [3.8, 4) is 33.9 Å². The van der Waals surface area contributed by atoms with E-state index in [2.05, 4.69) is 94.4 Å². The van der Waals surface area contributed by atoms with Crippen LogP contribution >= 0.6 is 23.5 Å². The van der Waals surface area contributed by atoms with Gasteiger partial charge in [-0.05, 0) is 33.8 Å². The first-order valence-corrected chi connectivity index (χ1v) is 14.8. The van der Waals surface area contributed by atoms with Gasteiger partial charge < -0.3 is 0 Å². The van der Waals surface area contributed by atoms with Gasteiger partial charge in [0.2, 0.25) is 0 Å². The lowest BCUT2D eigenvalue weighted by Gasteiger charge is -2.11. The van der Waals surface area contributed by atoms with Gasteiger partial charge in [0.1, 0.15) is 0 Å². The molecular weight excluding hydrogens is 505 g/mol. The Balaban J connectivity index is 1.37. The monoisotopic (exact) mass is 534 g/mol. The summed E-state index contributed by atoms with van der Waals surface area (Å²) in [5, 5.41) is 2.23. The lowest BCUT2D eigenvalue weighted by molar-refractivity contribution is 0.605. The van der Waals surface area contributed by atoms with Crippen LogP contribution in [-0.4, -0.2) is 42.6 Å². The summed E-state index contributed by atoms with van der Waals surface area (Å²) in [6.07, 6.45) is 0. The molecule has 4 nitrogen and oxygen atoms in total. The van der Waals surface area contributed by atoms with E-state index in [9.17, 15) is 0 Å².